The van der Waals surface area contributed by atoms with E-state index >= 15 is 0 Å². The van der Waals surface area contributed by atoms with E-state index in [1.165, 1.54) is 5.56 Å². The molecule has 3 aromatic rings. The van der Waals surface area contributed by atoms with Crippen molar-refractivity contribution in [1.82, 2.24) is 19.9 Å². The SMILES string of the molecule is CCCc1nc(C(=O)N(C)Cc2nc3ccc(C)cc3[nH]2)cs1. The third kappa shape index (κ3) is 3.42. The van der Waals surface area contributed by atoms with E-state index in [4.69, 9.17) is 0 Å². The van der Waals surface area contributed by atoms with Gasteiger partial charge in [0.05, 0.1) is 22.6 Å². The number of aromatic amines is 1. The molecule has 2 aromatic heterocycles. The van der Waals surface area contributed by atoms with Gasteiger partial charge in [0.2, 0.25) is 0 Å². The monoisotopic (exact) mass is 328 g/mol. The van der Waals surface area contributed by atoms with Crippen molar-refractivity contribution in [2.45, 2.75) is 33.2 Å². The van der Waals surface area contributed by atoms with Crippen LogP contribution in [0, 0.1) is 6.92 Å². The van der Waals surface area contributed by atoms with Crippen molar-refractivity contribution in [3.63, 3.8) is 0 Å². The van der Waals surface area contributed by atoms with Crippen LogP contribution in [-0.4, -0.2) is 32.8 Å². The summed E-state index contributed by atoms with van der Waals surface area (Å²) in [4.78, 5) is 26.3. The van der Waals surface area contributed by atoms with Crippen LogP contribution in [0.15, 0.2) is 23.6 Å². The highest BCUT2D eigenvalue weighted by Crippen LogP contribution is 2.16. The van der Waals surface area contributed by atoms with Gasteiger partial charge in [-0.15, -0.1) is 11.3 Å². The minimum atomic E-state index is -0.0692. The van der Waals surface area contributed by atoms with Gasteiger partial charge < -0.3 is 9.88 Å². The zero-order valence-corrected chi connectivity index (χ0v) is 14.4. The number of carbonyl (C=O) groups excluding carboxylic acids is 1. The number of nitrogens with one attached hydrogen (secondary N) is 1. The molecule has 2 heterocycles. The van der Waals surface area contributed by atoms with E-state index in [-0.39, 0.29) is 5.91 Å². The fraction of sp³-hybridized carbons (Fsp3) is 0.353. The van der Waals surface area contributed by atoms with Gasteiger partial charge in [0, 0.05) is 12.4 Å². The molecular formula is C17H20N4OS. The Morgan fingerprint density at radius 1 is 1.35 bits per heavy atom. The van der Waals surface area contributed by atoms with Gasteiger partial charge in [-0.2, -0.15) is 0 Å². The fourth-order valence-electron chi connectivity index (χ4n) is 2.48. The van der Waals surface area contributed by atoms with Crippen LogP contribution < -0.4 is 0 Å². The van der Waals surface area contributed by atoms with E-state index < -0.39 is 0 Å². The number of rotatable bonds is 5. The molecule has 0 saturated carbocycles. The lowest BCUT2D eigenvalue weighted by Crippen LogP contribution is -2.27. The maximum atomic E-state index is 12.5. The van der Waals surface area contributed by atoms with Crippen LogP contribution in [0.3, 0.4) is 0 Å². The predicted molar refractivity (Wildman–Crippen MR) is 92.7 cm³/mol. The predicted octanol–water partition coefficient (Wildman–Crippen LogP) is 3.55. The highest BCUT2D eigenvalue weighted by Gasteiger charge is 2.17. The van der Waals surface area contributed by atoms with Crippen LogP contribution in [-0.2, 0) is 13.0 Å². The number of thiazole rings is 1. The van der Waals surface area contributed by atoms with Crippen molar-refractivity contribution in [3.05, 3.63) is 45.7 Å². The summed E-state index contributed by atoms with van der Waals surface area (Å²) in [7, 11) is 1.78. The van der Waals surface area contributed by atoms with Crippen LogP contribution in [0.2, 0.25) is 0 Å². The molecule has 0 aliphatic heterocycles. The summed E-state index contributed by atoms with van der Waals surface area (Å²) in [5.74, 6) is 0.714. The molecule has 5 nitrogen and oxygen atoms in total. The molecule has 0 radical (unpaired) electrons. The number of nitrogens with zero attached hydrogens (tertiary/aromatic N) is 3. The van der Waals surface area contributed by atoms with Gasteiger partial charge in [0.25, 0.3) is 5.91 Å². The Morgan fingerprint density at radius 3 is 2.96 bits per heavy atom. The van der Waals surface area contributed by atoms with Crippen LogP contribution in [0.25, 0.3) is 11.0 Å². The van der Waals surface area contributed by atoms with Crippen LogP contribution in [0.4, 0.5) is 0 Å². The summed E-state index contributed by atoms with van der Waals surface area (Å²) in [6.45, 7) is 4.59. The lowest BCUT2D eigenvalue weighted by Gasteiger charge is -2.13. The number of imidazole rings is 1. The van der Waals surface area contributed by atoms with Gasteiger partial charge in [0.1, 0.15) is 11.5 Å². The van der Waals surface area contributed by atoms with Gasteiger partial charge in [-0.1, -0.05) is 13.0 Å². The standard InChI is InChI=1S/C17H20N4OS/c1-4-5-16-20-14(10-23-16)17(22)21(3)9-15-18-12-7-6-11(2)8-13(12)19-15/h6-8,10H,4-5,9H2,1-3H3,(H,18,19). The highest BCUT2D eigenvalue weighted by molar-refractivity contribution is 7.09. The zero-order chi connectivity index (χ0) is 16.4. The molecule has 0 bridgehead atoms. The number of amides is 1. The Bertz CT molecular complexity index is 836. The maximum Gasteiger partial charge on any atom is 0.273 e. The van der Waals surface area contributed by atoms with Crippen LogP contribution >= 0.6 is 11.3 Å². The van der Waals surface area contributed by atoms with Gasteiger partial charge in [-0.3, -0.25) is 4.79 Å². The molecule has 1 amide bonds. The number of aromatic nitrogens is 3. The quantitative estimate of drug-likeness (QED) is 0.779. The topological polar surface area (TPSA) is 61.9 Å². The highest BCUT2D eigenvalue weighted by atomic mass is 32.1. The summed E-state index contributed by atoms with van der Waals surface area (Å²) < 4.78 is 0. The minimum Gasteiger partial charge on any atom is -0.340 e. The van der Waals surface area contributed by atoms with E-state index in [9.17, 15) is 4.79 Å². The molecule has 0 spiro atoms. The first-order valence-corrected chi connectivity index (χ1v) is 8.60. The van der Waals surface area contributed by atoms with E-state index in [1.807, 2.05) is 24.4 Å². The molecular weight excluding hydrogens is 308 g/mol. The second-order valence-corrected chi connectivity index (χ2v) is 6.68. The van der Waals surface area contributed by atoms with E-state index in [0.717, 1.165) is 34.7 Å². The molecule has 0 aliphatic rings. The first kappa shape index (κ1) is 15.7. The van der Waals surface area contributed by atoms with E-state index in [2.05, 4.69) is 27.9 Å². The average molecular weight is 328 g/mol. The molecule has 0 fully saturated rings. The van der Waals surface area contributed by atoms with Gasteiger partial charge in [-0.05, 0) is 37.5 Å². The summed E-state index contributed by atoms with van der Waals surface area (Å²) in [6, 6.07) is 6.08. The molecule has 3 rings (SSSR count). The normalized spacial score (nSPS) is 11.1. The molecule has 0 unspecified atom stereocenters. The summed E-state index contributed by atoms with van der Waals surface area (Å²) >= 11 is 1.55. The molecule has 1 N–H and O–H groups in total. The number of hydrogen-bond acceptors (Lipinski definition) is 4. The third-order valence-corrected chi connectivity index (χ3v) is 4.56. The average Bonchev–Trinajstić information content (AvgIpc) is 3.12. The number of benzene rings is 1. The largest absolute Gasteiger partial charge is 0.340 e. The van der Waals surface area contributed by atoms with Crippen molar-refractivity contribution in [3.8, 4) is 0 Å². The number of fused-ring (bicyclic) bond motifs is 1. The molecule has 120 valence electrons. The second-order valence-electron chi connectivity index (χ2n) is 5.74. The second kappa shape index (κ2) is 6.50. The number of aryl methyl sites for hydroxylation is 2. The molecule has 0 saturated heterocycles. The van der Waals surface area contributed by atoms with Crippen molar-refractivity contribution in [2.75, 3.05) is 7.05 Å². The first-order valence-electron chi connectivity index (χ1n) is 7.72. The van der Waals surface area contributed by atoms with Gasteiger partial charge in [-0.25, -0.2) is 9.97 Å². The molecule has 0 atom stereocenters. The van der Waals surface area contributed by atoms with Crippen LogP contribution in [0.5, 0.6) is 0 Å². The Balaban J connectivity index is 1.73. The van der Waals surface area contributed by atoms with E-state index in [1.54, 1.807) is 23.3 Å². The molecule has 6 heteroatoms. The van der Waals surface area contributed by atoms with Crippen molar-refractivity contribution in [2.24, 2.45) is 0 Å². The summed E-state index contributed by atoms with van der Waals surface area (Å²) in [5, 5.41) is 2.86. The fourth-order valence-corrected chi connectivity index (χ4v) is 3.36. The Labute approximate surface area is 139 Å². The number of hydrogen-bond donors (Lipinski definition) is 1. The molecule has 0 aliphatic carbocycles. The molecule has 1 aromatic carbocycles. The van der Waals surface area contributed by atoms with Crippen molar-refractivity contribution < 1.29 is 4.79 Å². The van der Waals surface area contributed by atoms with Gasteiger partial charge >= 0.3 is 0 Å². The molecule has 23 heavy (non-hydrogen) atoms. The van der Waals surface area contributed by atoms with Crippen molar-refractivity contribution in [1.29, 1.82) is 0 Å². The lowest BCUT2D eigenvalue weighted by atomic mass is 10.2. The van der Waals surface area contributed by atoms with Gasteiger partial charge in [0.15, 0.2) is 0 Å². The number of H-pyrrole nitrogens is 1. The Kier molecular flexibility index (Phi) is 4.43. The smallest absolute Gasteiger partial charge is 0.273 e. The minimum absolute atomic E-state index is 0.0692. The first-order chi connectivity index (χ1) is 11.1. The Morgan fingerprint density at radius 2 is 2.17 bits per heavy atom. The Hall–Kier alpha value is -2.21. The van der Waals surface area contributed by atoms with Crippen molar-refractivity contribution >= 4 is 28.3 Å². The number of carbonyl (C=O) groups is 1. The van der Waals surface area contributed by atoms with E-state index in [0.29, 0.717) is 12.2 Å². The summed E-state index contributed by atoms with van der Waals surface area (Å²) in [5.41, 5.74) is 3.63. The zero-order valence-electron chi connectivity index (χ0n) is 13.6. The third-order valence-electron chi connectivity index (χ3n) is 3.65. The lowest BCUT2D eigenvalue weighted by molar-refractivity contribution is 0.0776. The maximum absolute atomic E-state index is 12.5. The van der Waals surface area contributed by atoms with Crippen LogP contribution in [0.1, 0.15) is 40.2 Å². The summed E-state index contributed by atoms with van der Waals surface area (Å²) in [6.07, 6.45) is 1.96.